The van der Waals surface area contributed by atoms with Crippen LogP contribution in [-0.2, 0) is 4.74 Å². The van der Waals surface area contributed by atoms with Crippen LogP contribution in [0.1, 0.15) is 16.8 Å². The van der Waals surface area contributed by atoms with E-state index in [-0.39, 0.29) is 18.6 Å². The van der Waals surface area contributed by atoms with Crippen LogP contribution in [0.15, 0.2) is 29.2 Å². The van der Waals surface area contributed by atoms with Crippen molar-refractivity contribution >= 4 is 18.5 Å². The molecule has 17 heavy (non-hydrogen) atoms. The number of benzene rings is 1. The minimum Gasteiger partial charge on any atom is -0.396 e. The molecule has 1 amide bonds. The van der Waals surface area contributed by atoms with Gasteiger partial charge in [0.2, 0.25) is 0 Å². The summed E-state index contributed by atoms with van der Waals surface area (Å²) in [6.07, 6.45) is 0.472. The molecular weight excluding hydrogens is 238 g/mol. The lowest BCUT2D eigenvalue weighted by Crippen LogP contribution is -2.38. The van der Waals surface area contributed by atoms with Crippen LogP contribution in [0.2, 0.25) is 0 Å². The lowest BCUT2D eigenvalue weighted by molar-refractivity contribution is 0.0878. The van der Waals surface area contributed by atoms with Crippen LogP contribution in [0, 0.1) is 0 Å². The van der Waals surface area contributed by atoms with Gasteiger partial charge in [-0.2, -0.15) is 0 Å². The van der Waals surface area contributed by atoms with Gasteiger partial charge in [-0.25, -0.2) is 0 Å². The summed E-state index contributed by atoms with van der Waals surface area (Å²) in [6.45, 7) is 0.397. The summed E-state index contributed by atoms with van der Waals surface area (Å²) >= 11 is 4.18. The second kappa shape index (κ2) is 7.32. The summed E-state index contributed by atoms with van der Waals surface area (Å²) in [4.78, 5) is 12.6. The molecule has 0 saturated carbocycles. The number of aliphatic hydroxyl groups excluding tert-OH is 1. The largest absolute Gasteiger partial charge is 0.396 e. The van der Waals surface area contributed by atoms with E-state index in [9.17, 15) is 4.79 Å². The molecule has 0 fully saturated rings. The van der Waals surface area contributed by atoms with E-state index in [0.29, 0.717) is 18.6 Å². The predicted molar refractivity (Wildman–Crippen MR) is 68.5 cm³/mol. The highest BCUT2D eigenvalue weighted by Crippen LogP contribution is 2.09. The smallest absolute Gasteiger partial charge is 0.251 e. The van der Waals surface area contributed by atoms with Crippen molar-refractivity contribution in [2.75, 3.05) is 20.3 Å². The molecular formula is C12H17NO3S. The molecule has 5 heteroatoms. The topological polar surface area (TPSA) is 58.6 Å². The first-order valence-electron chi connectivity index (χ1n) is 5.37. The molecule has 0 heterocycles. The van der Waals surface area contributed by atoms with Gasteiger partial charge in [-0.1, -0.05) is 6.07 Å². The Morgan fingerprint density at radius 2 is 2.35 bits per heavy atom. The van der Waals surface area contributed by atoms with Gasteiger partial charge >= 0.3 is 0 Å². The molecule has 0 aliphatic heterocycles. The zero-order chi connectivity index (χ0) is 12.7. The van der Waals surface area contributed by atoms with Crippen molar-refractivity contribution in [2.45, 2.75) is 17.4 Å². The minimum atomic E-state index is -0.184. The molecule has 0 aliphatic carbocycles. The Morgan fingerprint density at radius 1 is 1.59 bits per heavy atom. The number of ether oxygens (including phenoxy) is 1. The molecule has 0 saturated heterocycles. The minimum absolute atomic E-state index is 0.0148. The van der Waals surface area contributed by atoms with Gasteiger partial charge in [-0.15, -0.1) is 12.6 Å². The molecule has 4 nitrogen and oxygen atoms in total. The highest BCUT2D eigenvalue weighted by Gasteiger charge is 2.13. The molecule has 0 radical (unpaired) electrons. The summed E-state index contributed by atoms with van der Waals surface area (Å²) in [5.41, 5.74) is 0.552. The third-order valence-electron chi connectivity index (χ3n) is 2.29. The number of aliphatic hydroxyl groups is 1. The van der Waals surface area contributed by atoms with Crippen molar-refractivity contribution in [3.8, 4) is 0 Å². The van der Waals surface area contributed by atoms with Crippen molar-refractivity contribution in [1.82, 2.24) is 5.32 Å². The second-order valence-electron chi connectivity index (χ2n) is 3.69. The average Bonchev–Trinajstić information content (AvgIpc) is 2.29. The molecule has 0 aromatic heterocycles. The maximum absolute atomic E-state index is 11.9. The third-order valence-corrected chi connectivity index (χ3v) is 2.57. The molecule has 1 atom stereocenters. The van der Waals surface area contributed by atoms with Crippen molar-refractivity contribution in [3.05, 3.63) is 29.8 Å². The van der Waals surface area contributed by atoms with Crippen molar-refractivity contribution in [2.24, 2.45) is 0 Å². The highest BCUT2D eigenvalue weighted by atomic mass is 32.1. The number of nitrogens with one attached hydrogen (secondary N) is 1. The third kappa shape index (κ3) is 4.77. The van der Waals surface area contributed by atoms with Gasteiger partial charge in [0.15, 0.2) is 0 Å². The van der Waals surface area contributed by atoms with Crippen LogP contribution in [-0.4, -0.2) is 37.4 Å². The Hall–Kier alpha value is -1.04. The molecule has 0 bridgehead atoms. The normalized spacial score (nSPS) is 12.2. The number of amides is 1. The molecule has 0 spiro atoms. The Bertz CT molecular complexity index is 365. The van der Waals surface area contributed by atoms with Gasteiger partial charge in [0.25, 0.3) is 5.91 Å². The van der Waals surface area contributed by atoms with Gasteiger partial charge in [0, 0.05) is 24.2 Å². The van der Waals surface area contributed by atoms with E-state index in [0.717, 1.165) is 4.90 Å². The Kier molecular flexibility index (Phi) is 6.04. The van der Waals surface area contributed by atoms with E-state index in [2.05, 4.69) is 17.9 Å². The monoisotopic (exact) mass is 255 g/mol. The summed E-state index contributed by atoms with van der Waals surface area (Å²) < 4.78 is 4.98. The van der Waals surface area contributed by atoms with Crippen LogP contribution in [0.25, 0.3) is 0 Å². The van der Waals surface area contributed by atoms with Crippen LogP contribution in [0.4, 0.5) is 0 Å². The zero-order valence-corrected chi connectivity index (χ0v) is 10.6. The number of hydrogen-bond acceptors (Lipinski definition) is 4. The number of thiol groups is 1. The second-order valence-corrected chi connectivity index (χ2v) is 4.20. The van der Waals surface area contributed by atoms with E-state index in [1.165, 1.54) is 0 Å². The number of carbonyl (C=O) groups is 1. The van der Waals surface area contributed by atoms with E-state index in [4.69, 9.17) is 9.84 Å². The van der Waals surface area contributed by atoms with Gasteiger partial charge in [-0.05, 0) is 24.6 Å². The van der Waals surface area contributed by atoms with E-state index < -0.39 is 0 Å². The SMILES string of the molecule is COCC(CCO)NC(=O)c1cccc(S)c1. The maximum atomic E-state index is 11.9. The molecule has 1 aromatic carbocycles. The fourth-order valence-corrected chi connectivity index (χ4v) is 1.70. The Morgan fingerprint density at radius 3 is 2.94 bits per heavy atom. The summed E-state index contributed by atoms with van der Waals surface area (Å²) in [7, 11) is 1.56. The fraction of sp³-hybridized carbons (Fsp3) is 0.417. The maximum Gasteiger partial charge on any atom is 0.251 e. The van der Waals surface area contributed by atoms with Crippen molar-refractivity contribution in [1.29, 1.82) is 0 Å². The van der Waals surface area contributed by atoms with Gasteiger partial charge in [0.05, 0.1) is 12.6 Å². The predicted octanol–water partition coefficient (Wildman–Crippen LogP) is 1.10. The quantitative estimate of drug-likeness (QED) is 0.667. The fourth-order valence-electron chi connectivity index (χ4n) is 1.47. The van der Waals surface area contributed by atoms with E-state index in [1.807, 2.05) is 0 Å². The number of methoxy groups -OCH3 is 1. The molecule has 1 aromatic rings. The summed E-state index contributed by atoms with van der Waals surface area (Å²) in [5, 5.41) is 11.7. The molecule has 94 valence electrons. The summed E-state index contributed by atoms with van der Waals surface area (Å²) in [5.74, 6) is -0.184. The lowest BCUT2D eigenvalue weighted by Gasteiger charge is -2.16. The highest BCUT2D eigenvalue weighted by molar-refractivity contribution is 7.80. The first-order chi connectivity index (χ1) is 8.17. The van der Waals surface area contributed by atoms with Crippen molar-refractivity contribution < 1.29 is 14.6 Å². The lowest BCUT2D eigenvalue weighted by atomic mass is 10.1. The zero-order valence-electron chi connectivity index (χ0n) is 9.72. The first kappa shape index (κ1) is 14.0. The van der Waals surface area contributed by atoms with E-state index >= 15 is 0 Å². The van der Waals surface area contributed by atoms with Crippen LogP contribution in [0.3, 0.4) is 0 Å². The molecule has 2 N–H and O–H groups in total. The number of rotatable bonds is 6. The standard InChI is InChI=1S/C12H17NO3S/c1-16-8-10(5-6-14)13-12(15)9-3-2-4-11(17)7-9/h2-4,7,10,14,17H,5-6,8H2,1H3,(H,13,15). The van der Waals surface area contributed by atoms with Gasteiger partial charge in [-0.3, -0.25) is 4.79 Å². The molecule has 0 aliphatic rings. The summed E-state index contributed by atoms with van der Waals surface area (Å²) in [6, 6.07) is 6.81. The Labute approximate surface area is 106 Å². The van der Waals surface area contributed by atoms with E-state index in [1.54, 1.807) is 31.4 Å². The van der Waals surface area contributed by atoms with Crippen molar-refractivity contribution in [3.63, 3.8) is 0 Å². The van der Waals surface area contributed by atoms with Gasteiger partial charge < -0.3 is 15.2 Å². The Balaban J connectivity index is 2.63. The number of hydrogen-bond donors (Lipinski definition) is 3. The van der Waals surface area contributed by atoms with Crippen LogP contribution < -0.4 is 5.32 Å². The van der Waals surface area contributed by atoms with Crippen LogP contribution in [0.5, 0.6) is 0 Å². The first-order valence-corrected chi connectivity index (χ1v) is 5.81. The molecule has 1 rings (SSSR count). The number of carbonyl (C=O) groups excluding carboxylic acids is 1. The van der Waals surface area contributed by atoms with Gasteiger partial charge in [0.1, 0.15) is 0 Å². The average molecular weight is 255 g/mol. The van der Waals surface area contributed by atoms with Crippen LogP contribution >= 0.6 is 12.6 Å². The molecule has 1 unspecified atom stereocenters.